The van der Waals surface area contributed by atoms with E-state index in [1.54, 1.807) is 0 Å². The van der Waals surface area contributed by atoms with Gasteiger partial charge in [0.25, 0.3) is 0 Å². The number of aliphatic hydroxyl groups is 4. The molecule has 0 spiro atoms. The minimum absolute atomic E-state index is 0.0708. The lowest BCUT2D eigenvalue weighted by atomic mass is 9.99. The molecule has 13 nitrogen and oxygen atoms in total. The number of aromatic hydroxyl groups is 4. The number of phenols is 4. The molecule has 2 heterocycles. The summed E-state index contributed by atoms with van der Waals surface area (Å²) in [5.41, 5.74) is -1.35. The van der Waals surface area contributed by atoms with Gasteiger partial charge >= 0.3 is 0 Å². The van der Waals surface area contributed by atoms with Gasteiger partial charge in [0.15, 0.2) is 17.3 Å². The maximum atomic E-state index is 13.4. The second kappa shape index (κ2) is 9.13. The third kappa shape index (κ3) is 4.15. The third-order valence-corrected chi connectivity index (χ3v) is 5.54. The number of hydrogen-bond donors (Lipinski definition) is 8. The zero-order valence-electron chi connectivity index (χ0n) is 18.0. The fourth-order valence-corrected chi connectivity index (χ4v) is 3.73. The zero-order valence-corrected chi connectivity index (χ0v) is 18.0. The molecular formula is C22H22O13. The number of phenolic OH excluding ortho intramolecular Hbond substituents is 4. The van der Waals surface area contributed by atoms with E-state index in [1.165, 1.54) is 13.2 Å². The number of hydrogen-bond acceptors (Lipinski definition) is 13. The van der Waals surface area contributed by atoms with Crippen LogP contribution in [0.25, 0.3) is 22.3 Å². The van der Waals surface area contributed by atoms with Crippen molar-refractivity contribution in [3.8, 4) is 45.8 Å². The van der Waals surface area contributed by atoms with Crippen molar-refractivity contribution in [3.63, 3.8) is 0 Å². The SMILES string of the molecule is COc1cc(-c2oc3cc(O)cc(O)c3c(=O)c2O[C@H]2O[C@H](CO)[C@H](O)C(O)C2O)cc(O)c1O. The molecular weight excluding hydrogens is 472 g/mol. The van der Waals surface area contributed by atoms with Crippen LogP contribution < -0.4 is 14.9 Å². The van der Waals surface area contributed by atoms with Crippen LogP contribution in [0.2, 0.25) is 0 Å². The molecule has 0 radical (unpaired) electrons. The maximum absolute atomic E-state index is 13.4. The molecule has 0 saturated carbocycles. The van der Waals surface area contributed by atoms with Crippen LogP contribution in [0.3, 0.4) is 0 Å². The molecule has 35 heavy (non-hydrogen) atoms. The summed E-state index contributed by atoms with van der Waals surface area (Å²) < 4.78 is 21.6. The maximum Gasteiger partial charge on any atom is 0.239 e. The van der Waals surface area contributed by atoms with Crippen molar-refractivity contribution in [2.45, 2.75) is 30.7 Å². The van der Waals surface area contributed by atoms with Gasteiger partial charge in [0.1, 0.15) is 46.9 Å². The molecule has 1 aromatic heterocycles. The molecule has 0 amide bonds. The third-order valence-electron chi connectivity index (χ3n) is 5.54. The fraction of sp³-hybridized carbons (Fsp3) is 0.318. The number of aliphatic hydroxyl groups excluding tert-OH is 4. The molecule has 1 fully saturated rings. The van der Waals surface area contributed by atoms with Gasteiger partial charge in [-0.1, -0.05) is 0 Å². The Morgan fingerprint density at radius 3 is 2.31 bits per heavy atom. The van der Waals surface area contributed by atoms with Crippen molar-refractivity contribution >= 4 is 11.0 Å². The molecule has 0 bridgehead atoms. The van der Waals surface area contributed by atoms with E-state index in [0.717, 1.165) is 18.2 Å². The van der Waals surface area contributed by atoms with Gasteiger partial charge in [0, 0.05) is 17.7 Å². The average Bonchev–Trinajstić information content (AvgIpc) is 2.81. The van der Waals surface area contributed by atoms with E-state index >= 15 is 0 Å². The summed E-state index contributed by atoms with van der Waals surface area (Å²) >= 11 is 0. The topological polar surface area (TPSA) is 220 Å². The largest absolute Gasteiger partial charge is 0.508 e. The van der Waals surface area contributed by atoms with Crippen molar-refractivity contribution < 1.29 is 59.5 Å². The van der Waals surface area contributed by atoms with E-state index in [9.17, 15) is 45.6 Å². The Balaban J connectivity index is 1.94. The monoisotopic (exact) mass is 494 g/mol. The van der Waals surface area contributed by atoms with Crippen LogP contribution in [0, 0.1) is 0 Å². The molecule has 1 aliphatic rings. The lowest BCUT2D eigenvalue weighted by molar-refractivity contribution is -0.277. The summed E-state index contributed by atoms with van der Waals surface area (Å²) in [5, 5.41) is 79.5. The molecule has 2 unspecified atom stereocenters. The van der Waals surface area contributed by atoms with Gasteiger partial charge in [-0.25, -0.2) is 0 Å². The lowest BCUT2D eigenvalue weighted by Gasteiger charge is -2.39. The summed E-state index contributed by atoms with van der Waals surface area (Å²) in [4.78, 5) is 13.4. The second-order valence-corrected chi connectivity index (χ2v) is 7.79. The first-order valence-electron chi connectivity index (χ1n) is 10.2. The molecule has 1 saturated heterocycles. The Bertz CT molecular complexity index is 1320. The molecule has 3 aromatic rings. The molecule has 2 aromatic carbocycles. The molecule has 0 aliphatic carbocycles. The van der Waals surface area contributed by atoms with Crippen LogP contribution >= 0.6 is 0 Å². The first-order chi connectivity index (χ1) is 16.6. The smallest absolute Gasteiger partial charge is 0.239 e. The average molecular weight is 494 g/mol. The van der Waals surface area contributed by atoms with Crippen LogP contribution in [0.5, 0.6) is 34.5 Å². The Morgan fingerprint density at radius 1 is 0.943 bits per heavy atom. The Kier molecular flexibility index (Phi) is 6.36. The molecule has 5 atom stereocenters. The summed E-state index contributed by atoms with van der Waals surface area (Å²) in [6, 6.07) is 4.10. The van der Waals surface area contributed by atoms with Crippen LogP contribution in [0.1, 0.15) is 0 Å². The van der Waals surface area contributed by atoms with Gasteiger partial charge in [-0.3, -0.25) is 4.79 Å². The van der Waals surface area contributed by atoms with Crippen molar-refractivity contribution in [3.05, 3.63) is 34.5 Å². The minimum atomic E-state index is -1.88. The first-order valence-corrected chi connectivity index (χ1v) is 10.2. The van der Waals surface area contributed by atoms with Gasteiger partial charge in [0.05, 0.1) is 13.7 Å². The Morgan fingerprint density at radius 2 is 1.66 bits per heavy atom. The van der Waals surface area contributed by atoms with Crippen LogP contribution in [-0.2, 0) is 4.74 Å². The minimum Gasteiger partial charge on any atom is -0.508 e. The van der Waals surface area contributed by atoms with E-state index in [2.05, 4.69) is 0 Å². The number of methoxy groups -OCH3 is 1. The predicted octanol–water partition coefficient (Wildman–Crippen LogP) is -0.530. The molecule has 8 N–H and O–H groups in total. The van der Waals surface area contributed by atoms with Crippen LogP contribution in [-0.4, -0.2) is 85.3 Å². The summed E-state index contributed by atoms with van der Waals surface area (Å²) in [7, 11) is 1.20. The molecule has 1 aliphatic heterocycles. The van der Waals surface area contributed by atoms with Crippen molar-refractivity contribution in [2.24, 2.45) is 0 Å². The molecule has 13 heteroatoms. The Labute approximate surface area is 195 Å². The Hall–Kier alpha value is -3.75. The van der Waals surface area contributed by atoms with Gasteiger partial charge in [-0.15, -0.1) is 0 Å². The highest BCUT2D eigenvalue weighted by atomic mass is 16.7. The van der Waals surface area contributed by atoms with Gasteiger partial charge in [-0.05, 0) is 12.1 Å². The fourth-order valence-electron chi connectivity index (χ4n) is 3.73. The van der Waals surface area contributed by atoms with Crippen molar-refractivity contribution in [2.75, 3.05) is 13.7 Å². The highest BCUT2D eigenvalue weighted by Gasteiger charge is 2.45. The quantitative estimate of drug-likeness (QED) is 0.209. The van der Waals surface area contributed by atoms with E-state index < -0.39 is 82.6 Å². The van der Waals surface area contributed by atoms with Crippen LogP contribution in [0.15, 0.2) is 33.5 Å². The van der Waals surface area contributed by atoms with Crippen molar-refractivity contribution in [1.29, 1.82) is 0 Å². The van der Waals surface area contributed by atoms with Crippen LogP contribution in [0.4, 0.5) is 0 Å². The normalized spacial score (nSPS) is 24.4. The van der Waals surface area contributed by atoms with Gasteiger partial charge in [-0.2, -0.15) is 0 Å². The summed E-state index contributed by atoms with van der Waals surface area (Å²) in [6.07, 6.45) is -8.53. The van der Waals surface area contributed by atoms with Gasteiger partial charge < -0.3 is 59.5 Å². The van der Waals surface area contributed by atoms with E-state index in [4.69, 9.17) is 18.6 Å². The highest BCUT2D eigenvalue weighted by molar-refractivity contribution is 5.88. The predicted molar refractivity (Wildman–Crippen MR) is 116 cm³/mol. The standard InChI is InChI=1S/C22H22O13/c1-32-12-3-7(2-10(26)15(12)27)20-21(17(29)14-9(25)4-8(24)5-11(14)33-20)35-22-19(31)18(30)16(28)13(6-23)34-22/h2-5,13,16,18-19,22-28,30-31H,6H2,1H3/t13-,16+,18?,19?,22-/m1/s1. The number of ether oxygens (including phenoxy) is 3. The van der Waals surface area contributed by atoms with Crippen molar-refractivity contribution in [1.82, 2.24) is 0 Å². The number of fused-ring (bicyclic) bond motifs is 1. The first kappa shape index (κ1) is 24.4. The summed E-state index contributed by atoms with van der Waals surface area (Å²) in [5.74, 6) is -3.64. The van der Waals surface area contributed by atoms with Gasteiger partial charge in [0.2, 0.25) is 23.2 Å². The van der Waals surface area contributed by atoms with E-state index in [-0.39, 0.29) is 16.9 Å². The molecule has 4 rings (SSSR count). The highest BCUT2D eigenvalue weighted by Crippen LogP contribution is 2.43. The summed E-state index contributed by atoms with van der Waals surface area (Å²) in [6.45, 7) is -0.757. The number of benzene rings is 2. The zero-order chi connectivity index (χ0) is 25.6. The van der Waals surface area contributed by atoms with E-state index in [1.807, 2.05) is 0 Å². The number of rotatable bonds is 5. The van der Waals surface area contributed by atoms with E-state index in [0.29, 0.717) is 0 Å². The lowest BCUT2D eigenvalue weighted by Crippen LogP contribution is -2.60. The molecule has 188 valence electrons. The second-order valence-electron chi connectivity index (χ2n) is 7.79.